The number of hydrogen-bond donors (Lipinski definition) is 1. The second kappa shape index (κ2) is 12.6. The first-order chi connectivity index (χ1) is 21.6. The summed E-state index contributed by atoms with van der Waals surface area (Å²) in [5, 5.41) is 21.4. The average molecular weight is 647 g/mol. The minimum atomic E-state index is -0.497. The molecule has 1 aromatic heterocycles. The Morgan fingerprint density at radius 2 is 1.72 bits per heavy atom. The highest BCUT2D eigenvalue weighted by atomic mass is 35.5. The molecule has 2 aliphatic rings. The molecule has 46 heavy (non-hydrogen) atoms. The third-order valence-electron chi connectivity index (χ3n) is 9.13. The Kier molecular flexibility index (Phi) is 9.11. The number of rotatable bonds is 7. The van der Waals surface area contributed by atoms with Gasteiger partial charge in [0.15, 0.2) is 0 Å². The third kappa shape index (κ3) is 7.00. The van der Waals surface area contributed by atoms with Gasteiger partial charge in [0.1, 0.15) is 23.5 Å². The number of carbonyl (C=O) groups excluding carboxylic acids is 2. The average Bonchev–Trinajstić information content (AvgIpc) is 3.46. The Hall–Kier alpha value is -4.10. The van der Waals surface area contributed by atoms with Crippen molar-refractivity contribution >= 4 is 23.6 Å². The van der Waals surface area contributed by atoms with Crippen molar-refractivity contribution < 1.29 is 19.1 Å². The monoisotopic (exact) mass is 646 g/mol. The lowest BCUT2D eigenvalue weighted by Crippen LogP contribution is -2.74. The van der Waals surface area contributed by atoms with E-state index in [4.69, 9.17) is 26.3 Å². The summed E-state index contributed by atoms with van der Waals surface area (Å²) < 4.78 is 13.6. The van der Waals surface area contributed by atoms with Crippen LogP contribution in [0.4, 0.5) is 4.79 Å². The number of nitrogens with zero attached hydrogens (tertiary/aromatic N) is 5. The van der Waals surface area contributed by atoms with Gasteiger partial charge in [0.25, 0.3) is 5.91 Å². The van der Waals surface area contributed by atoms with E-state index in [1.54, 1.807) is 39.9 Å². The van der Waals surface area contributed by atoms with E-state index in [1.165, 1.54) is 0 Å². The molecule has 0 spiro atoms. The zero-order chi connectivity index (χ0) is 33.4. The van der Waals surface area contributed by atoms with Crippen molar-refractivity contribution in [1.82, 2.24) is 25.2 Å². The molecule has 1 saturated carbocycles. The van der Waals surface area contributed by atoms with Crippen LogP contribution in [0, 0.1) is 28.1 Å². The molecule has 2 aromatic carbocycles. The number of nitrogens with one attached hydrogen (secondary N) is 1. The van der Waals surface area contributed by atoms with Crippen LogP contribution in [-0.4, -0.2) is 62.7 Å². The fourth-order valence-electron chi connectivity index (χ4n) is 7.04. The van der Waals surface area contributed by atoms with Crippen LogP contribution < -0.4 is 10.1 Å². The number of likely N-dealkylation sites (tertiary alicyclic amines) is 1. The minimum Gasteiger partial charge on any atom is -0.489 e. The molecule has 11 heteroatoms. The summed E-state index contributed by atoms with van der Waals surface area (Å²) in [6.45, 7) is 15.3. The molecule has 3 aromatic rings. The number of hydrogen-bond acceptors (Lipinski definition) is 7. The Balaban J connectivity index is 1.15. The largest absolute Gasteiger partial charge is 0.489 e. The number of benzene rings is 2. The maximum absolute atomic E-state index is 13.3. The van der Waals surface area contributed by atoms with E-state index in [9.17, 15) is 9.59 Å². The lowest BCUT2D eigenvalue weighted by Gasteiger charge is -2.63. The van der Waals surface area contributed by atoms with Gasteiger partial charge in [-0.3, -0.25) is 4.79 Å². The molecule has 1 aliphatic carbocycles. The van der Waals surface area contributed by atoms with Crippen molar-refractivity contribution in [1.29, 1.82) is 5.26 Å². The van der Waals surface area contributed by atoms with E-state index in [1.807, 2.05) is 39.1 Å². The van der Waals surface area contributed by atoms with Crippen molar-refractivity contribution in [2.45, 2.75) is 85.5 Å². The van der Waals surface area contributed by atoms with E-state index in [0.717, 1.165) is 30.6 Å². The second-order valence-electron chi connectivity index (χ2n) is 14.6. The summed E-state index contributed by atoms with van der Waals surface area (Å²) in [4.78, 5) is 27.5. The maximum atomic E-state index is 13.3. The lowest BCUT2D eigenvalue weighted by molar-refractivity contribution is -0.164. The Bertz CT molecular complexity index is 1610. The Morgan fingerprint density at radius 1 is 1.07 bits per heavy atom. The summed E-state index contributed by atoms with van der Waals surface area (Å²) in [6, 6.07) is 14.3. The van der Waals surface area contributed by atoms with E-state index in [0.29, 0.717) is 40.9 Å². The van der Waals surface area contributed by atoms with Gasteiger partial charge in [-0.2, -0.15) is 5.26 Å². The molecule has 5 rings (SSSR count). The normalized spacial score (nSPS) is 20.7. The van der Waals surface area contributed by atoms with E-state index in [2.05, 4.69) is 49.4 Å². The molecule has 10 nitrogen and oxygen atoms in total. The SMILES string of the molecule is CC(C)(C)OC(=O)N1CCC(Cc2cn(-c3ccc(C(=O)N[C@H]4C(C)(C)[C@H](Oc5ccc(C#N)c(Cl)c5)C4(C)C)cc3)nn2)CC1. The topological polar surface area (TPSA) is 122 Å². The first kappa shape index (κ1) is 33.3. The van der Waals surface area contributed by atoms with Gasteiger partial charge in [-0.05, 0) is 82.3 Å². The molecule has 1 N–H and O–H groups in total. The van der Waals surface area contributed by atoms with Gasteiger partial charge in [0.2, 0.25) is 0 Å². The molecule has 2 heterocycles. The number of amides is 2. The van der Waals surface area contributed by atoms with Gasteiger partial charge < -0.3 is 19.7 Å². The van der Waals surface area contributed by atoms with Gasteiger partial charge in [0, 0.05) is 41.6 Å². The number of aromatic nitrogens is 3. The van der Waals surface area contributed by atoms with Crippen molar-refractivity contribution in [2.75, 3.05) is 13.1 Å². The highest BCUT2D eigenvalue weighted by Gasteiger charge is 2.64. The van der Waals surface area contributed by atoms with Crippen LogP contribution in [0.3, 0.4) is 0 Å². The molecule has 2 amide bonds. The fraction of sp³-hybridized carbons (Fsp3) is 0.514. The number of halogens is 1. The molecule has 1 saturated heterocycles. The van der Waals surface area contributed by atoms with E-state index in [-0.39, 0.29) is 35.0 Å². The second-order valence-corrected chi connectivity index (χ2v) is 15.0. The quantitative estimate of drug-likeness (QED) is 0.307. The highest BCUT2D eigenvalue weighted by molar-refractivity contribution is 6.31. The predicted octanol–water partition coefficient (Wildman–Crippen LogP) is 6.59. The minimum absolute atomic E-state index is 0.139. The van der Waals surface area contributed by atoms with E-state index < -0.39 is 5.60 Å². The summed E-state index contributed by atoms with van der Waals surface area (Å²) >= 11 is 6.22. The number of carbonyl (C=O) groups is 2. The van der Waals surface area contributed by atoms with Crippen LogP contribution in [0.15, 0.2) is 48.7 Å². The smallest absolute Gasteiger partial charge is 0.410 e. The van der Waals surface area contributed by atoms with Crippen molar-refractivity contribution in [3.8, 4) is 17.5 Å². The number of nitriles is 1. The third-order valence-corrected chi connectivity index (χ3v) is 9.44. The highest BCUT2D eigenvalue weighted by Crippen LogP contribution is 2.55. The first-order valence-electron chi connectivity index (χ1n) is 15.8. The number of ether oxygens (including phenoxy) is 2. The molecule has 0 atom stereocenters. The van der Waals surface area contributed by atoms with Crippen molar-refractivity contribution in [3.63, 3.8) is 0 Å². The van der Waals surface area contributed by atoms with Crippen molar-refractivity contribution in [2.24, 2.45) is 16.7 Å². The summed E-state index contributed by atoms with van der Waals surface area (Å²) in [6.07, 6.45) is 4.06. The standard InChI is InChI=1S/C35H43ClN6O4/c1-33(2,3)46-32(44)41-16-14-22(15-17-41)18-25-21-42(40-39-25)26-11-8-23(9-12-26)29(43)38-30-34(4,5)31(35(30,6)7)45-27-13-10-24(20-37)28(36)19-27/h8-13,19,21-22,30-31H,14-18H2,1-7H3,(H,38,43)/t30-,31-. The lowest BCUT2D eigenvalue weighted by atomic mass is 9.49. The number of piperidine rings is 1. The molecule has 2 fully saturated rings. The Morgan fingerprint density at radius 3 is 2.30 bits per heavy atom. The first-order valence-corrected chi connectivity index (χ1v) is 16.1. The van der Waals surface area contributed by atoms with Crippen LogP contribution in [0.25, 0.3) is 5.69 Å². The van der Waals surface area contributed by atoms with Crippen LogP contribution in [-0.2, 0) is 11.2 Å². The van der Waals surface area contributed by atoms with Crippen LogP contribution in [0.2, 0.25) is 5.02 Å². The molecule has 0 unspecified atom stereocenters. The molecule has 244 valence electrons. The fourth-order valence-corrected chi connectivity index (χ4v) is 7.25. The van der Waals surface area contributed by atoms with Gasteiger partial charge >= 0.3 is 6.09 Å². The summed E-state index contributed by atoms with van der Waals surface area (Å²) in [5.74, 6) is 0.853. The van der Waals surface area contributed by atoms with Crippen LogP contribution in [0.5, 0.6) is 5.75 Å². The maximum Gasteiger partial charge on any atom is 0.410 e. The molecular formula is C35H43ClN6O4. The summed E-state index contributed by atoms with van der Waals surface area (Å²) in [7, 11) is 0. The molecule has 0 bridgehead atoms. The molecular weight excluding hydrogens is 604 g/mol. The van der Waals surface area contributed by atoms with Gasteiger partial charge in [-0.15, -0.1) is 5.10 Å². The van der Waals surface area contributed by atoms with Crippen molar-refractivity contribution in [3.05, 3.63) is 70.5 Å². The van der Waals surface area contributed by atoms with Gasteiger partial charge in [0.05, 0.1) is 28.2 Å². The zero-order valence-electron chi connectivity index (χ0n) is 27.6. The molecule has 0 radical (unpaired) electrons. The van der Waals surface area contributed by atoms with Gasteiger partial charge in [-0.1, -0.05) is 44.5 Å². The Labute approximate surface area is 276 Å². The van der Waals surface area contributed by atoms with Gasteiger partial charge in [-0.25, -0.2) is 9.48 Å². The molecule has 1 aliphatic heterocycles. The zero-order valence-corrected chi connectivity index (χ0v) is 28.4. The van der Waals surface area contributed by atoms with E-state index >= 15 is 0 Å². The van der Waals surface area contributed by atoms with Crippen LogP contribution >= 0.6 is 11.6 Å². The predicted molar refractivity (Wildman–Crippen MR) is 175 cm³/mol. The summed E-state index contributed by atoms with van der Waals surface area (Å²) in [5.41, 5.74) is 1.45. The van der Waals surface area contributed by atoms with Crippen LogP contribution in [0.1, 0.15) is 82.9 Å².